The van der Waals surface area contributed by atoms with Crippen molar-refractivity contribution >= 4 is 5.76 Å². The second-order valence-electron chi connectivity index (χ2n) is 8.66. The smallest absolute Gasteiger partial charge is 0.127 e. The summed E-state index contributed by atoms with van der Waals surface area (Å²) in [6.07, 6.45) is 9.20. The lowest BCUT2D eigenvalue weighted by atomic mass is 9.77. The lowest BCUT2D eigenvalue weighted by Gasteiger charge is -2.28. The van der Waals surface area contributed by atoms with Crippen LogP contribution in [0.2, 0.25) is 0 Å². The molecular formula is C26H31FO. The van der Waals surface area contributed by atoms with E-state index in [9.17, 15) is 4.39 Å². The van der Waals surface area contributed by atoms with E-state index >= 15 is 0 Å². The van der Waals surface area contributed by atoms with E-state index in [-0.39, 0.29) is 5.82 Å². The summed E-state index contributed by atoms with van der Waals surface area (Å²) in [5.41, 5.74) is 4.00. The number of hydrogen-bond donors (Lipinski definition) is 0. The summed E-state index contributed by atoms with van der Waals surface area (Å²) >= 11 is 0. The van der Waals surface area contributed by atoms with Crippen molar-refractivity contribution in [3.8, 4) is 11.1 Å². The molecule has 1 heterocycles. The summed E-state index contributed by atoms with van der Waals surface area (Å²) in [5.74, 6) is 2.73. The average molecular weight is 379 g/mol. The normalized spacial score (nSPS) is 25.1. The number of hydrogen-bond acceptors (Lipinski definition) is 1. The van der Waals surface area contributed by atoms with Gasteiger partial charge in [-0.1, -0.05) is 56.7 Å². The van der Waals surface area contributed by atoms with Crippen LogP contribution in [0.25, 0.3) is 16.9 Å². The van der Waals surface area contributed by atoms with Gasteiger partial charge in [-0.15, -0.1) is 0 Å². The third kappa shape index (κ3) is 4.16. The molecule has 1 fully saturated rings. The summed E-state index contributed by atoms with van der Waals surface area (Å²) in [6.45, 7) is 5.24. The van der Waals surface area contributed by atoms with Crippen LogP contribution in [0.15, 0.2) is 48.5 Å². The van der Waals surface area contributed by atoms with Gasteiger partial charge in [0.2, 0.25) is 0 Å². The Balaban J connectivity index is 1.48. The molecule has 1 saturated carbocycles. The molecule has 1 unspecified atom stereocenters. The molecule has 1 aliphatic carbocycles. The number of benzene rings is 2. The van der Waals surface area contributed by atoms with Gasteiger partial charge in [0.05, 0.1) is 6.61 Å². The minimum absolute atomic E-state index is 0.0474. The van der Waals surface area contributed by atoms with Crippen LogP contribution in [0.5, 0.6) is 0 Å². The third-order valence-corrected chi connectivity index (χ3v) is 6.60. The van der Waals surface area contributed by atoms with Crippen LogP contribution in [-0.2, 0) is 4.74 Å². The van der Waals surface area contributed by atoms with E-state index < -0.39 is 0 Å². The molecule has 0 spiro atoms. The van der Waals surface area contributed by atoms with Crippen molar-refractivity contribution in [1.29, 1.82) is 0 Å². The summed E-state index contributed by atoms with van der Waals surface area (Å²) < 4.78 is 20.7. The highest BCUT2D eigenvalue weighted by Crippen LogP contribution is 2.38. The number of halogens is 1. The number of rotatable bonds is 4. The zero-order valence-corrected chi connectivity index (χ0v) is 17.1. The van der Waals surface area contributed by atoms with Gasteiger partial charge < -0.3 is 4.74 Å². The van der Waals surface area contributed by atoms with Crippen LogP contribution in [0.4, 0.5) is 4.39 Å². The van der Waals surface area contributed by atoms with Gasteiger partial charge >= 0.3 is 0 Å². The Morgan fingerprint density at radius 1 is 0.929 bits per heavy atom. The van der Waals surface area contributed by atoms with E-state index in [1.165, 1.54) is 19.3 Å². The molecule has 0 bridgehead atoms. The maximum atomic E-state index is 14.9. The molecule has 0 N–H and O–H groups in total. The Labute approximate surface area is 168 Å². The molecular weight excluding hydrogens is 347 g/mol. The van der Waals surface area contributed by atoms with E-state index in [0.29, 0.717) is 11.8 Å². The molecule has 1 nitrogen and oxygen atoms in total. The van der Waals surface area contributed by atoms with Gasteiger partial charge in [0.1, 0.15) is 11.6 Å². The van der Waals surface area contributed by atoms with Crippen molar-refractivity contribution in [3.63, 3.8) is 0 Å². The Bertz CT molecular complexity index is 828. The molecule has 0 aromatic heterocycles. The SMILES string of the molecule is CCC1CCC(c2ccc(-c3ccc(C4=CCC(C)CO4)cc3)cc2F)CC1. The Morgan fingerprint density at radius 2 is 1.61 bits per heavy atom. The monoisotopic (exact) mass is 378 g/mol. The van der Waals surface area contributed by atoms with Crippen LogP contribution in [0.1, 0.15) is 69.4 Å². The van der Waals surface area contributed by atoms with Crippen molar-refractivity contribution in [2.45, 2.75) is 58.3 Å². The first-order valence-electron chi connectivity index (χ1n) is 10.9. The van der Waals surface area contributed by atoms with Crippen molar-refractivity contribution in [2.75, 3.05) is 6.61 Å². The van der Waals surface area contributed by atoms with Crippen molar-refractivity contribution in [3.05, 3.63) is 65.5 Å². The van der Waals surface area contributed by atoms with E-state index in [2.05, 4.69) is 50.3 Å². The Morgan fingerprint density at radius 3 is 2.21 bits per heavy atom. The Hall–Kier alpha value is -2.09. The van der Waals surface area contributed by atoms with Gasteiger partial charge in [-0.3, -0.25) is 0 Å². The summed E-state index contributed by atoms with van der Waals surface area (Å²) in [5, 5.41) is 0. The van der Waals surface area contributed by atoms with Gasteiger partial charge in [0, 0.05) is 5.56 Å². The highest BCUT2D eigenvalue weighted by Gasteiger charge is 2.23. The number of allylic oxidation sites excluding steroid dienone is 1. The quantitative estimate of drug-likeness (QED) is 0.533. The first kappa shape index (κ1) is 19.2. The van der Waals surface area contributed by atoms with Gasteiger partial charge in [0.25, 0.3) is 0 Å². The predicted octanol–water partition coefficient (Wildman–Crippen LogP) is 7.57. The predicted molar refractivity (Wildman–Crippen MR) is 115 cm³/mol. The number of ether oxygens (including phenoxy) is 1. The Kier molecular flexibility index (Phi) is 5.85. The van der Waals surface area contributed by atoms with Gasteiger partial charge in [-0.2, -0.15) is 0 Å². The molecule has 2 aromatic rings. The summed E-state index contributed by atoms with van der Waals surface area (Å²) in [7, 11) is 0. The van der Waals surface area contributed by atoms with Crippen molar-refractivity contribution in [2.24, 2.45) is 11.8 Å². The largest absolute Gasteiger partial charge is 0.493 e. The second kappa shape index (κ2) is 8.51. The van der Waals surface area contributed by atoms with Gasteiger partial charge in [0.15, 0.2) is 0 Å². The van der Waals surface area contributed by atoms with Crippen LogP contribution in [0.3, 0.4) is 0 Å². The molecule has 0 amide bonds. The van der Waals surface area contributed by atoms with E-state index in [0.717, 1.165) is 59.8 Å². The molecule has 1 atom stereocenters. The highest BCUT2D eigenvalue weighted by atomic mass is 19.1. The first-order chi connectivity index (χ1) is 13.6. The molecule has 1 aliphatic heterocycles. The fourth-order valence-corrected chi connectivity index (χ4v) is 4.61. The van der Waals surface area contributed by atoms with E-state index in [1.807, 2.05) is 6.07 Å². The van der Waals surface area contributed by atoms with Crippen LogP contribution in [-0.4, -0.2) is 6.61 Å². The zero-order chi connectivity index (χ0) is 19.5. The molecule has 4 rings (SSSR count). The average Bonchev–Trinajstić information content (AvgIpc) is 2.74. The maximum Gasteiger partial charge on any atom is 0.127 e. The molecule has 0 saturated heterocycles. The van der Waals surface area contributed by atoms with Crippen LogP contribution in [0, 0.1) is 17.7 Å². The summed E-state index contributed by atoms with van der Waals surface area (Å²) in [6, 6.07) is 14.1. The maximum absolute atomic E-state index is 14.9. The minimum Gasteiger partial charge on any atom is -0.493 e. The lowest BCUT2D eigenvalue weighted by molar-refractivity contribution is 0.211. The second-order valence-corrected chi connectivity index (χ2v) is 8.66. The van der Waals surface area contributed by atoms with Gasteiger partial charge in [-0.25, -0.2) is 4.39 Å². The molecule has 2 heteroatoms. The fraction of sp³-hybridized carbons (Fsp3) is 0.462. The van der Waals surface area contributed by atoms with Crippen molar-refractivity contribution in [1.82, 2.24) is 0 Å². The lowest BCUT2D eigenvalue weighted by Crippen LogP contribution is -2.13. The summed E-state index contributed by atoms with van der Waals surface area (Å²) in [4.78, 5) is 0. The van der Waals surface area contributed by atoms with Crippen LogP contribution < -0.4 is 0 Å². The zero-order valence-electron chi connectivity index (χ0n) is 17.1. The molecule has 148 valence electrons. The van der Waals surface area contributed by atoms with Crippen LogP contribution >= 0.6 is 0 Å². The highest BCUT2D eigenvalue weighted by molar-refractivity contribution is 5.68. The van der Waals surface area contributed by atoms with Crippen molar-refractivity contribution < 1.29 is 9.13 Å². The topological polar surface area (TPSA) is 9.23 Å². The fourth-order valence-electron chi connectivity index (χ4n) is 4.61. The first-order valence-corrected chi connectivity index (χ1v) is 10.9. The molecule has 2 aliphatic rings. The third-order valence-electron chi connectivity index (χ3n) is 6.60. The van der Waals surface area contributed by atoms with E-state index in [1.54, 1.807) is 6.07 Å². The standard InChI is InChI=1S/C26H31FO/c1-3-19-5-7-21(8-6-19)24-14-13-23(16-25(24)27)20-9-11-22(12-10-20)26-15-4-18(2)17-28-26/h9-16,18-19,21H,3-8,17H2,1-2H3. The minimum atomic E-state index is -0.0474. The molecule has 0 radical (unpaired) electrons. The molecule has 28 heavy (non-hydrogen) atoms. The van der Waals surface area contributed by atoms with E-state index in [4.69, 9.17) is 4.74 Å². The van der Waals surface area contributed by atoms with Gasteiger partial charge in [-0.05, 0) is 78.7 Å². The molecule has 2 aromatic carbocycles.